The van der Waals surface area contributed by atoms with Crippen molar-refractivity contribution in [2.45, 2.75) is 0 Å². The molecule has 7 aromatic carbocycles. The van der Waals surface area contributed by atoms with Gasteiger partial charge in [0.25, 0.3) is 0 Å². The third-order valence-corrected chi connectivity index (χ3v) is 9.58. The van der Waals surface area contributed by atoms with Crippen LogP contribution in [0.15, 0.2) is 176 Å². The molecule has 0 saturated heterocycles. The van der Waals surface area contributed by atoms with E-state index >= 15 is 0 Å². The van der Waals surface area contributed by atoms with Gasteiger partial charge >= 0.3 is 0 Å². The van der Waals surface area contributed by atoms with Crippen LogP contribution in [0.4, 0.5) is 0 Å². The van der Waals surface area contributed by atoms with Crippen LogP contribution in [0.2, 0.25) is 0 Å². The van der Waals surface area contributed by atoms with Crippen LogP contribution in [0.1, 0.15) is 0 Å². The molecule has 0 unspecified atom stereocenters. The molecule has 0 bridgehead atoms. The lowest BCUT2D eigenvalue weighted by Gasteiger charge is -2.11. The SMILES string of the molecule is c1ccc(-c2ccc3c(c2)c2ccccc2n3-c2nc(-c3ccccc3)nc(-c3ccc4c(c3)c3ccccc3n4-c3ccccc3)n2)cc1. The molecule has 5 heteroatoms. The smallest absolute Gasteiger partial charge is 0.238 e. The molecule has 3 heterocycles. The minimum atomic E-state index is 0.583. The Labute approximate surface area is 288 Å². The molecule has 0 aliphatic rings. The first kappa shape index (κ1) is 28.2. The zero-order valence-corrected chi connectivity index (χ0v) is 27.0. The molecule has 3 aromatic heterocycles. The first-order valence-electron chi connectivity index (χ1n) is 16.8. The molecular formula is C45H29N5. The fourth-order valence-electron chi connectivity index (χ4n) is 7.28. The van der Waals surface area contributed by atoms with Gasteiger partial charge in [-0.05, 0) is 65.7 Å². The molecule has 5 nitrogen and oxygen atoms in total. The predicted molar refractivity (Wildman–Crippen MR) is 205 cm³/mol. The van der Waals surface area contributed by atoms with Gasteiger partial charge in [0, 0.05) is 38.4 Å². The van der Waals surface area contributed by atoms with Gasteiger partial charge in [-0.1, -0.05) is 121 Å². The Kier molecular flexibility index (Phi) is 6.42. The van der Waals surface area contributed by atoms with Crippen LogP contribution in [0.5, 0.6) is 0 Å². The topological polar surface area (TPSA) is 48.5 Å². The lowest BCUT2D eigenvalue weighted by Crippen LogP contribution is -2.06. The van der Waals surface area contributed by atoms with Crippen molar-refractivity contribution in [2.24, 2.45) is 0 Å². The number of para-hydroxylation sites is 3. The Bertz CT molecular complexity index is 2850. The monoisotopic (exact) mass is 639 g/mol. The average Bonchev–Trinajstić information content (AvgIpc) is 3.71. The van der Waals surface area contributed by atoms with Crippen LogP contribution in [-0.4, -0.2) is 24.1 Å². The van der Waals surface area contributed by atoms with Crippen molar-refractivity contribution in [3.05, 3.63) is 176 Å². The summed E-state index contributed by atoms with van der Waals surface area (Å²) >= 11 is 0. The van der Waals surface area contributed by atoms with Crippen LogP contribution in [0.25, 0.3) is 89.2 Å². The summed E-state index contributed by atoms with van der Waals surface area (Å²) in [5.74, 6) is 1.84. The predicted octanol–water partition coefficient (Wildman–Crippen LogP) is 11.1. The Morgan fingerprint density at radius 2 is 0.760 bits per heavy atom. The van der Waals surface area contributed by atoms with Gasteiger partial charge in [-0.3, -0.25) is 4.57 Å². The van der Waals surface area contributed by atoms with E-state index < -0.39 is 0 Å². The normalized spacial score (nSPS) is 11.6. The Balaban J connectivity index is 1.22. The number of rotatable bonds is 5. The summed E-state index contributed by atoms with van der Waals surface area (Å²) in [5.41, 5.74) is 9.74. The zero-order valence-electron chi connectivity index (χ0n) is 27.0. The van der Waals surface area contributed by atoms with E-state index in [-0.39, 0.29) is 0 Å². The minimum Gasteiger partial charge on any atom is -0.309 e. The van der Waals surface area contributed by atoms with Crippen LogP contribution < -0.4 is 0 Å². The quantitative estimate of drug-likeness (QED) is 0.188. The highest BCUT2D eigenvalue weighted by molar-refractivity contribution is 6.11. The molecule has 0 aliphatic heterocycles. The summed E-state index contributed by atoms with van der Waals surface area (Å²) in [5, 5.41) is 4.64. The molecule has 0 fully saturated rings. The van der Waals surface area contributed by atoms with Crippen LogP contribution >= 0.6 is 0 Å². The van der Waals surface area contributed by atoms with Crippen molar-refractivity contribution in [2.75, 3.05) is 0 Å². The van der Waals surface area contributed by atoms with Gasteiger partial charge in [-0.15, -0.1) is 0 Å². The maximum Gasteiger partial charge on any atom is 0.238 e. The van der Waals surface area contributed by atoms with Gasteiger partial charge in [0.05, 0.1) is 22.1 Å². The van der Waals surface area contributed by atoms with Gasteiger partial charge in [-0.2, -0.15) is 9.97 Å². The number of hydrogen-bond acceptors (Lipinski definition) is 3. The molecule has 50 heavy (non-hydrogen) atoms. The number of fused-ring (bicyclic) bond motifs is 6. The summed E-state index contributed by atoms with van der Waals surface area (Å²) in [6.45, 7) is 0. The van der Waals surface area contributed by atoms with Gasteiger partial charge in [0.1, 0.15) is 0 Å². The second-order valence-corrected chi connectivity index (χ2v) is 12.5. The van der Waals surface area contributed by atoms with Crippen molar-refractivity contribution < 1.29 is 0 Å². The molecule has 0 N–H and O–H groups in total. The second-order valence-electron chi connectivity index (χ2n) is 12.5. The van der Waals surface area contributed by atoms with E-state index in [1.807, 2.05) is 18.2 Å². The van der Waals surface area contributed by atoms with Crippen molar-refractivity contribution in [1.29, 1.82) is 0 Å². The van der Waals surface area contributed by atoms with Crippen molar-refractivity contribution in [3.8, 4) is 45.5 Å². The summed E-state index contributed by atoms with van der Waals surface area (Å²) in [6.07, 6.45) is 0. The lowest BCUT2D eigenvalue weighted by molar-refractivity contribution is 0.953. The molecule has 10 aromatic rings. The van der Waals surface area contributed by atoms with Gasteiger partial charge in [0.2, 0.25) is 5.95 Å². The minimum absolute atomic E-state index is 0.583. The fourth-order valence-corrected chi connectivity index (χ4v) is 7.28. The molecule has 0 atom stereocenters. The van der Waals surface area contributed by atoms with E-state index in [1.165, 1.54) is 16.5 Å². The highest BCUT2D eigenvalue weighted by Crippen LogP contribution is 2.37. The van der Waals surface area contributed by atoms with E-state index in [4.69, 9.17) is 15.0 Å². The zero-order chi connectivity index (χ0) is 33.0. The van der Waals surface area contributed by atoms with Crippen molar-refractivity contribution >= 4 is 43.6 Å². The third-order valence-electron chi connectivity index (χ3n) is 9.58. The molecular weight excluding hydrogens is 611 g/mol. The molecule has 0 amide bonds. The highest BCUT2D eigenvalue weighted by Gasteiger charge is 2.19. The van der Waals surface area contributed by atoms with Crippen LogP contribution in [0.3, 0.4) is 0 Å². The molecule has 0 aliphatic carbocycles. The highest BCUT2D eigenvalue weighted by atomic mass is 15.2. The average molecular weight is 640 g/mol. The van der Waals surface area contributed by atoms with Gasteiger partial charge in [-0.25, -0.2) is 4.98 Å². The second kappa shape index (κ2) is 11.4. The molecule has 10 rings (SSSR count). The van der Waals surface area contributed by atoms with E-state index in [1.54, 1.807) is 0 Å². The Hall–Kier alpha value is -6.85. The Morgan fingerprint density at radius 1 is 0.300 bits per heavy atom. The summed E-state index contributed by atoms with van der Waals surface area (Å²) < 4.78 is 4.50. The number of nitrogens with zero attached hydrogens (tertiary/aromatic N) is 5. The Morgan fingerprint density at radius 3 is 1.42 bits per heavy atom. The number of hydrogen-bond donors (Lipinski definition) is 0. The van der Waals surface area contributed by atoms with Crippen molar-refractivity contribution in [1.82, 2.24) is 24.1 Å². The summed E-state index contributed by atoms with van der Waals surface area (Å²) in [7, 11) is 0. The van der Waals surface area contributed by atoms with E-state index in [0.717, 1.165) is 55.0 Å². The first-order chi connectivity index (χ1) is 24.8. The molecule has 0 radical (unpaired) electrons. The molecule has 0 saturated carbocycles. The van der Waals surface area contributed by atoms with Crippen LogP contribution in [-0.2, 0) is 0 Å². The number of aromatic nitrogens is 5. The molecule has 0 spiro atoms. The third kappa shape index (κ3) is 4.52. The standard InChI is InChI=1S/C45H29N5/c1-4-14-30(15-5-1)32-24-26-42-37(28-32)36-21-11-13-23-40(36)50(42)45-47-43(31-16-6-2-7-17-31)46-44(48-45)33-25-27-41-38(29-33)35-20-10-12-22-39(35)49(41)34-18-8-3-9-19-34/h1-29H. The maximum atomic E-state index is 5.24. The van der Waals surface area contributed by atoms with Crippen molar-refractivity contribution in [3.63, 3.8) is 0 Å². The largest absolute Gasteiger partial charge is 0.309 e. The van der Waals surface area contributed by atoms with Gasteiger partial charge in [0.15, 0.2) is 11.6 Å². The van der Waals surface area contributed by atoms with E-state index in [2.05, 4.69) is 167 Å². The van der Waals surface area contributed by atoms with Crippen LogP contribution in [0, 0.1) is 0 Å². The lowest BCUT2D eigenvalue weighted by atomic mass is 10.0. The van der Waals surface area contributed by atoms with Gasteiger partial charge < -0.3 is 4.57 Å². The molecule has 234 valence electrons. The summed E-state index contributed by atoms with van der Waals surface area (Å²) in [4.78, 5) is 15.5. The summed E-state index contributed by atoms with van der Waals surface area (Å²) in [6, 6.07) is 61.5. The van der Waals surface area contributed by atoms with E-state index in [9.17, 15) is 0 Å². The number of benzene rings is 7. The first-order valence-corrected chi connectivity index (χ1v) is 16.8. The maximum absolute atomic E-state index is 5.24. The van der Waals surface area contributed by atoms with E-state index in [0.29, 0.717) is 17.6 Å². The fraction of sp³-hybridized carbons (Fsp3) is 0.